The average Bonchev–Trinajstić information content (AvgIpc) is 3.04. The second-order valence-electron chi connectivity index (χ2n) is 5.20. The Kier molecular flexibility index (Phi) is 2.97. The highest BCUT2D eigenvalue weighted by Crippen LogP contribution is 2.19. The predicted molar refractivity (Wildman–Crippen MR) is 90.3 cm³/mol. The van der Waals surface area contributed by atoms with Gasteiger partial charge >= 0.3 is 0 Å². The van der Waals surface area contributed by atoms with Crippen LogP contribution in [-0.2, 0) is 0 Å². The molecule has 2 aromatic heterocycles. The molecule has 0 aliphatic rings. The molecule has 22 heavy (non-hydrogen) atoms. The fraction of sp³-hybridized carbons (Fsp3) is 0. The summed E-state index contributed by atoms with van der Waals surface area (Å²) in [5, 5.41) is 4.45. The molecular weight excluding hydrogens is 271 g/mol. The highest BCUT2D eigenvalue weighted by atomic mass is 15.3. The van der Waals surface area contributed by atoms with Crippen LogP contribution in [0.1, 0.15) is 0 Å². The lowest BCUT2D eigenvalue weighted by atomic mass is 9.94. The molecule has 5 heteroatoms. The molecule has 0 radical (unpaired) electrons. The fourth-order valence-electron chi connectivity index (χ4n) is 2.50. The molecule has 0 saturated carbocycles. The van der Waals surface area contributed by atoms with Crippen molar-refractivity contribution >= 4 is 24.3 Å². The summed E-state index contributed by atoms with van der Waals surface area (Å²) < 4.78 is 1.88. The van der Waals surface area contributed by atoms with Gasteiger partial charge in [0.2, 0.25) is 0 Å². The summed E-state index contributed by atoms with van der Waals surface area (Å²) in [6.07, 6.45) is 5.61. The van der Waals surface area contributed by atoms with Crippen LogP contribution in [0.25, 0.3) is 28.0 Å². The summed E-state index contributed by atoms with van der Waals surface area (Å²) in [5.41, 5.74) is 5.84. The first kappa shape index (κ1) is 12.8. The minimum absolute atomic E-state index is 0.832. The Hall–Kier alpha value is -2.95. The second kappa shape index (κ2) is 5.11. The van der Waals surface area contributed by atoms with E-state index in [2.05, 4.69) is 35.0 Å². The van der Waals surface area contributed by atoms with Gasteiger partial charge in [0.1, 0.15) is 7.85 Å². The molecule has 0 atom stereocenters. The van der Waals surface area contributed by atoms with Gasteiger partial charge in [0.05, 0.1) is 34.8 Å². The van der Waals surface area contributed by atoms with Crippen molar-refractivity contribution in [3.05, 3.63) is 67.1 Å². The molecule has 4 aromatic rings. The molecular formula is C17H13BN4. The third kappa shape index (κ3) is 2.17. The van der Waals surface area contributed by atoms with E-state index in [4.69, 9.17) is 0 Å². The van der Waals surface area contributed by atoms with Gasteiger partial charge < -0.3 is 0 Å². The van der Waals surface area contributed by atoms with Gasteiger partial charge in [-0.05, 0) is 18.2 Å². The smallest absolute Gasteiger partial charge is 0.142 e. The molecule has 0 N–H and O–H groups in total. The Balaban J connectivity index is 1.78. The highest BCUT2D eigenvalue weighted by Gasteiger charge is 2.07. The van der Waals surface area contributed by atoms with E-state index in [0.717, 1.165) is 28.0 Å². The van der Waals surface area contributed by atoms with Crippen LogP contribution < -0.4 is 5.46 Å². The molecule has 0 amide bonds. The van der Waals surface area contributed by atoms with Crippen LogP contribution in [0.15, 0.2) is 67.1 Å². The number of fused-ring (bicyclic) bond motifs is 1. The maximum Gasteiger partial charge on any atom is 0.142 e. The molecule has 4 nitrogen and oxygen atoms in total. The Morgan fingerprint density at radius 3 is 2.50 bits per heavy atom. The molecule has 0 unspecified atom stereocenters. The lowest BCUT2D eigenvalue weighted by molar-refractivity contribution is 0.886. The van der Waals surface area contributed by atoms with Crippen molar-refractivity contribution in [3.63, 3.8) is 0 Å². The summed E-state index contributed by atoms with van der Waals surface area (Å²) in [5.74, 6) is 0. The van der Waals surface area contributed by atoms with Crippen LogP contribution in [0.5, 0.6) is 0 Å². The Bertz CT molecular complexity index is 961. The van der Waals surface area contributed by atoms with Gasteiger partial charge in [-0.15, -0.1) is 0 Å². The van der Waals surface area contributed by atoms with Crippen LogP contribution in [-0.4, -0.2) is 27.6 Å². The van der Waals surface area contributed by atoms with Crippen molar-refractivity contribution in [2.45, 2.75) is 0 Å². The van der Waals surface area contributed by atoms with Crippen LogP contribution >= 0.6 is 0 Å². The monoisotopic (exact) mass is 284 g/mol. The quantitative estimate of drug-likeness (QED) is 0.527. The van der Waals surface area contributed by atoms with Crippen molar-refractivity contribution < 1.29 is 0 Å². The molecule has 104 valence electrons. The molecule has 2 heterocycles. The van der Waals surface area contributed by atoms with Crippen molar-refractivity contribution in [1.82, 2.24) is 19.7 Å². The Labute approximate surface area is 128 Å². The minimum atomic E-state index is 0.832. The van der Waals surface area contributed by atoms with Crippen LogP contribution in [0, 0.1) is 0 Å². The highest BCUT2D eigenvalue weighted by molar-refractivity contribution is 6.34. The fourth-order valence-corrected chi connectivity index (χ4v) is 2.50. The zero-order valence-electron chi connectivity index (χ0n) is 12.1. The SMILES string of the molecule is Bc1ccccc1-n1cc(-c2cnc3ccccc3n2)cn1. The van der Waals surface area contributed by atoms with Crippen LogP contribution in [0.4, 0.5) is 0 Å². The first-order valence-electron chi connectivity index (χ1n) is 7.14. The number of para-hydroxylation sites is 3. The summed E-state index contributed by atoms with van der Waals surface area (Å²) in [6, 6.07) is 16.0. The number of aromatic nitrogens is 4. The van der Waals surface area contributed by atoms with Crippen molar-refractivity contribution in [2.24, 2.45) is 0 Å². The molecule has 0 spiro atoms. The minimum Gasteiger partial charge on any atom is -0.252 e. The van der Waals surface area contributed by atoms with E-state index in [1.165, 1.54) is 5.46 Å². The van der Waals surface area contributed by atoms with Crippen LogP contribution in [0.3, 0.4) is 0 Å². The van der Waals surface area contributed by atoms with E-state index in [1.54, 1.807) is 6.20 Å². The summed E-state index contributed by atoms with van der Waals surface area (Å²) in [4.78, 5) is 9.12. The van der Waals surface area contributed by atoms with E-state index in [1.807, 2.05) is 53.5 Å². The standard InChI is InChI=1S/C17H13BN4/c18-13-5-1-4-8-17(13)22-11-12(9-20-22)16-10-19-14-6-2-3-7-15(14)21-16/h1-11H,18H2. The van der Waals surface area contributed by atoms with Gasteiger partial charge in [0.15, 0.2) is 0 Å². The van der Waals surface area contributed by atoms with Gasteiger partial charge in [-0.3, -0.25) is 4.98 Å². The molecule has 0 saturated heterocycles. The second-order valence-corrected chi connectivity index (χ2v) is 5.20. The molecule has 0 bridgehead atoms. The number of nitrogens with zero attached hydrogens (tertiary/aromatic N) is 4. The van der Waals surface area contributed by atoms with Crippen molar-refractivity contribution in [3.8, 4) is 16.9 Å². The summed E-state index contributed by atoms with van der Waals surface area (Å²) in [7, 11) is 2.08. The maximum atomic E-state index is 4.66. The molecule has 2 aromatic carbocycles. The Morgan fingerprint density at radius 2 is 1.64 bits per heavy atom. The van der Waals surface area contributed by atoms with Gasteiger partial charge in [-0.25, -0.2) is 9.67 Å². The zero-order valence-corrected chi connectivity index (χ0v) is 12.1. The van der Waals surface area contributed by atoms with E-state index < -0.39 is 0 Å². The maximum absolute atomic E-state index is 4.66. The third-order valence-corrected chi connectivity index (χ3v) is 3.69. The summed E-state index contributed by atoms with van der Waals surface area (Å²) >= 11 is 0. The first-order valence-corrected chi connectivity index (χ1v) is 7.14. The number of benzene rings is 2. The zero-order chi connectivity index (χ0) is 14.9. The average molecular weight is 284 g/mol. The van der Waals surface area contributed by atoms with Crippen LogP contribution in [0.2, 0.25) is 0 Å². The number of rotatable bonds is 2. The third-order valence-electron chi connectivity index (χ3n) is 3.69. The number of hydrogen-bond acceptors (Lipinski definition) is 3. The lowest BCUT2D eigenvalue weighted by Gasteiger charge is -2.04. The molecule has 4 rings (SSSR count). The van der Waals surface area contributed by atoms with E-state index in [-0.39, 0.29) is 0 Å². The van der Waals surface area contributed by atoms with E-state index in [9.17, 15) is 0 Å². The van der Waals surface area contributed by atoms with Gasteiger partial charge in [-0.2, -0.15) is 5.10 Å². The largest absolute Gasteiger partial charge is 0.252 e. The first-order chi connectivity index (χ1) is 10.8. The van der Waals surface area contributed by atoms with Gasteiger partial charge in [-0.1, -0.05) is 35.8 Å². The molecule has 0 aliphatic heterocycles. The van der Waals surface area contributed by atoms with E-state index in [0.29, 0.717) is 0 Å². The molecule has 0 fully saturated rings. The van der Waals surface area contributed by atoms with Crippen molar-refractivity contribution in [2.75, 3.05) is 0 Å². The van der Waals surface area contributed by atoms with Gasteiger partial charge in [0.25, 0.3) is 0 Å². The van der Waals surface area contributed by atoms with Crippen molar-refractivity contribution in [1.29, 1.82) is 0 Å². The predicted octanol–water partition coefficient (Wildman–Crippen LogP) is 1.74. The normalized spacial score (nSPS) is 10.9. The number of hydrogen-bond donors (Lipinski definition) is 0. The van der Waals surface area contributed by atoms with Gasteiger partial charge in [0, 0.05) is 11.8 Å². The van der Waals surface area contributed by atoms with E-state index >= 15 is 0 Å². The molecule has 0 aliphatic carbocycles. The topological polar surface area (TPSA) is 43.6 Å². The Morgan fingerprint density at radius 1 is 0.864 bits per heavy atom. The lowest BCUT2D eigenvalue weighted by Crippen LogP contribution is -2.12. The summed E-state index contributed by atoms with van der Waals surface area (Å²) in [6.45, 7) is 0.